The molecule has 2 aromatic carbocycles. The van der Waals surface area contributed by atoms with Gasteiger partial charge in [0.15, 0.2) is 0 Å². The van der Waals surface area contributed by atoms with Crippen molar-refractivity contribution in [3.8, 4) is 11.1 Å². The normalized spacial score (nSPS) is 10.3. The lowest BCUT2D eigenvalue weighted by molar-refractivity contribution is 0.0686. The van der Waals surface area contributed by atoms with Crippen LogP contribution in [0.25, 0.3) is 11.1 Å². The van der Waals surface area contributed by atoms with Crippen molar-refractivity contribution in [2.45, 2.75) is 0 Å². The highest BCUT2D eigenvalue weighted by Gasteiger charge is 2.14. The number of carboxylic acids is 2. The summed E-state index contributed by atoms with van der Waals surface area (Å²) in [5, 5.41) is 18.6. The summed E-state index contributed by atoms with van der Waals surface area (Å²) < 4.78 is 0. The minimum atomic E-state index is -1.10. The summed E-state index contributed by atoms with van der Waals surface area (Å²) in [5.74, 6) is -2.21. The molecule has 0 heterocycles. The van der Waals surface area contributed by atoms with Crippen LogP contribution < -0.4 is 0 Å². The smallest absolute Gasteiger partial charge is 0.335 e. The molecule has 2 N–H and O–H groups in total. The number of benzene rings is 2. The zero-order chi connectivity index (χ0) is 14.9. The summed E-state index contributed by atoms with van der Waals surface area (Å²) in [5.41, 5.74) is 0.835. The lowest BCUT2D eigenvalue weighted by atomic mass is 10.0. The molecule has 0 aliphatic carbocycles. The Kier molecular flexibility index (Phi) is 3.97. The maximum absolute atomic E-state index is 11.0. The quantitative estimate of drug-likeness (QED) is 0.896. The molecule has 0 aromatic heterocycles. The summed E-state index contributed by atoms with van der Waals surface area (Å²) >= 11 is 12.1. The van der Waals surface area contributed by atoms with Crippen molar-refractivity contribution < 1.29 is 19.8 Å². The van der Waals surface area contributed by atoms with E-state index in [1.807, 2.05) is 0 Å². The summed E-state index contributed by atoms with van der Waals surface area (Å²) in [6.07, 6.45) is 0. The van der Waals surface area contributed by atoms with Crippen LogP contribution >= 0.6 is 23.2 Å². The van der Waals surface area contributed by atoms with Gasteiger partial charge in [0.1, 0.15) is 0 Å². The molecule has 0 fully saturated rings. The van der Waals surface area contributed by atoms with Gasteiger partial charge in [0.2, 0.25) is 0 Å². The van der Waals surface area contributed by atoms with Crippen LogP contribution in [0.2, 0.25) is 10.0 Å². The fourth-order valence-corrected chi connectivity index (χ4v) is 2.17. The van der Waals surface area contributed by atoms with E-state index >= 15 is 0 Å². The Bertz CT molecular complexity index is 649. The van der Waals surface area contributed by atoms with Gasteiger partial charge in [0, 0.05) is 21.2 Å². The van der Waals surface area contributed by atoms with E-state index in [1.54, 1.807) is 0 Å². The highest BCUT2D eigenvalue weighted by molar-refractivity contribution is 6.36. The van der Waals surface area contributed by atoms with Crippen molar-refractivity contribution in [3.05, 3.63) is 57.6 Å². The van der Waals surface area contributed by atoms with Gasteiger partial charge in [0.05, 0.1) is 11.1 Å². The third kappa shape index (κ3) is 2.76. The number of carbonyl (C=O) groups is 2. The van der Waals surface area contributed by atoms with Crippen LogP contribution in [0.4, 0.5) is 0 Å². The second-order valence-corrected chi connectivity index (χ2v) is 4.81. The van der Waals surface area contributed by atoms with Gasteiger partial charge < -0.3 is 10.2 Å². The molecule has 6 heteroatoms. The number of hydrogen-bond donors (Lipinski definition) is 2. The number of rotatable bonds is 3. The zero-order valence-electron chi connectivity index (χ0n) is 9.93. The molecule has 0 amide bonds. The predicted molar refractivity (Wildman–Crippen MR) is 75.8 cm³/mol. The summed E-state index contributed by atoms with van der Waals surface area (Å²) in [7, 11) is 0. The van der Waals surface area contributed by atoms with Crippen LogP contribution in [0.3, 0.4) is 0 Å². The fraction of sp³-hybridized carbons (Fsp3) is 0. The molecule has 0 aliphatic rings. The van der Waals surface area contributed by atoms with Crippen LogP contribution in [0.1, 0.15) is 20.7 Å². The van der Waals surface area contributed by atoms with Crippen molar-refractivity contribution in [1.29, 1.82) is 0 Å². The minimum absolute atomic E-state index is 0.0428. The van der Waals surface area contributed by atoms with Gasteiger partial charge in [-0.3, -0.25) is 0 Å². The number of carboxylic acid groups (broad SMARTS) is 2. The first kappa shape index (κ1) is 14.4. The van der Waals surface area contributed by atoms with Gasteiger partial charge in [-0.1, -0.05) is 23.2 Å². The predicted octanol–water partition coefficient (Wildman–Crippen LogP) is 4.06. The molecule has 0 radical (unpaired) electrons. The van der Waals surface area contributed by atoms with E-state index in [0.717, 1.165) is 0 Å². The van der Waals surface area contributed by atoms with Gasteiger partial charge >= 0.3 is 11.9 Å². The van der Waals surface area contributed by atoms with Crippen molar-refractivity contribution >= 4 is 35.1 Å². The van der Waals surface area contributed by atoms with Crippen LogP contribution in [0.15, 0.2) is 36.4 Å². The second kappa shape index (κ2) is 5.53. The minimum Gasteiger partial charge on any atom is -0.478 e. The van der Waals surface area contributed by atoms with Crippen LogP contribution in [-0.4, -0.2) is 22.2 Å². The molecular formula is C14H8Cl2O4. The third-order valence-corrected chi connectivity index (χ3v) is 3.38. The topological polar surface area (TPSA) is 74.6 Å². The van der Waals surface area contributed by atoms with E-state index in [0.29, 0.717) is 21.2 Å². The zero-order valence-corrected chi connectivity index (χ0v) is 11.4. The first-order valence-corrected chi connectivity index (χ1v) is 6.22. The lowest BCUT2D eigenvalue weighted by Crippen LogP contribution is -1.98. The number of aromatic carboxylic acids is 2. The van der Waals surface area contributed by atoms with Crippen molar-refractivity contribution in [1.82, 2.24) is 0 Å². The average molecular weight is 311 g/mol. The van der Waals surface area contributed by atoms with Gasteiger partial charge in [-0.2, -0.15) is 0 Å². The molecule has 0 aliphatic heterocycles. The molecule has 0 atom stereocenters. The Balaban J connectivity index is 2.67. The van der Waals surface area contributed by atoms with Gasteiger partial charge in [0.25, 0.3) is 0 Å². The standard InChI is InChI=1S/C14H8Cl2O4/c15-11-3-1-7(13(17)18)5-9(11)10-6-8(14(19)20)2-4-12(10)16/h1-6H,(H,17,18)(H,19,20). The molecule has 102 valence electrons. The number of hydrogen-bond acceptors (Lipinski definition) is 2. The summed E-state index contributed by atoms with van der Waals surface area (Å²) in [6, 6.07) is 8.31. The largest absolute Gasteiger partial charge is 0.478 e. The van der Waals surface area contributed by atoms with Crippen LogP contribution in [-0.2, 0) is 0 Å². The monoisotopic (exact) mass is 310 g/mol. The first-order chi connectivity index (χ1) is 9.40. The Morgan fingerprint density at radius 2 is 1.10 bits per heavy atom. The summed E-state index contributed by atoms with van der Waals surface area (Å²) in [6.45, 7) is 0. The van der Waals surface area contributed by atoms with E-state index in [1.165, 1.54) is 36.4 Å². The SMILES string of the molecule is O=C(O)c1ccc(Cl)c(-c2cc(C(=O)O)ccc2Cl)c1. The van der Waals surface area contributed by atoms with E-state index in [2.05, 4.69) is 0 Å². The second-order valence-electron chi connectivity index (χ2n) is 4.00. The van der Waals surface area contributed by atoms with E-state index in [9.17, 15) is 9.59 Å². The number of halogens is 2. The Labute approximate surface area is 124 Å². The van der Waals surface area contributed by atoms with Gasteiger partial charge in [-0.15, -0.1) is 0 Å². The molecule has 20 heavy (non-hydrogen) atoms. The van der Waals surface area contributed by atoms with Gasteiger partial charge in [-0.25, -0.2) is 9.59 Å². The molecule has 0 unspecified atom stereocenters. The van der Waals surface area contributed by atoms with Crippen LogP contribution in [0, 0.1) is 0 Å². The van der Waals surface area contributed by atoms with E-state index < -0.39 is 11.9 Å². The molecular weight excluding hydrogens is 303 g/mol. The Hall–Kier alpha value is -2.04. The van der Waals surface area contributed by atoms with E-state index in [4.69, 9.17) is 33.4 Å². The van der Waals surface area contributed by atoms with Crippen LogP contribution in [0.5, 0.6) is 0 Å². The highest BCUT2D eigenvalue weighted by atomic mass is 35.5. The Morgan fingerprint density at radius 3 is 1.40 bits per heavy atom. The molecule has 2 aromatic rings. The fourth-order valence-electron chi connectivity index (χ4n) is 1.73. The third-order valence-electron chi connectivity index (χ3n) is 2.72. The van der Waals surface area contributed by atoms with Crippen molar-refractivity contribution in [3.63, 3.8) is 0 Å². The average Bonchev–Trinajstić information content (AvgIpc) is 2.39. The van der Waals surface area contributed by atoms with E-state index in [-0.39, 0.29) is 11.1 Å². The first-order valence-electron chi connectivity index (χ1n) is 5.46. The summed E-state index contributed by atoms with van der Waals surface area (Å²) in [4.78, 5) is 22.0. The maximum Gasteiger partial charge on any atom is 0.335 e. The molecule has 0 bridgehead atoms. The Morgan fingerprint density at radius 1 is 0.750 bits per heavy atom. The molecule has 0 saturated carbocycles. The maximum atomic E-state index is 11.0. The van der Waals surface area contributed by atoms with Gasteiger partial charge in [-0.05, 0) is 36.4 Å². The lowest BCUT2D eigenvalue weighted by Gasteiger charge is -2.09. The van der Waals surface area contributed by atoms with Crippen molar-refractivity contribution in [2.75, 3.05) is 0 Å². The highest BCUT2D eigenvalue weighted by Crippen LogP contribution is 2.34. The molecule has 0 spiro atoms. The molecule has 0 saturated heterocycles. The molecule has 4 nitrogen and oxygen atoms in total. The van der Waals surface area contributed by atoms with Crippen molar-refractivity contribution in [2.24, 2.45) is 0 Å². The molecule has 2 rings (SSSR count).